The fourth-order valence-electron chi connectivity index (χ4n) is 3.06. The molecule has 0 radical (unpaired) electrons. The van der Waals surface area contributed by atoms with Crippen LogP contribution in [0.4, 0.5) is 10.5 Å². The fourth-order valence-corrected chi connectivity index (χ4v) is 3.06. The molecule has 1 heterocycles. The van der Waals surface area contributed by atoms with E-state index in [1.165, 1.54) is 0 Å². The molecule has 1 saturated heterocycles. The fraction of sp³-hybridized carbons (Fsp3) is 0.632. The molecule has 2 atom stereocenters. The van der Waals surface area contributed by atoms with Crippen molar-refractivity contribution in [2.45, 2.75) is 70.9 Å². The molecule has 0 bridgehead atoms. The van der Waals surface area contributed by atoms with Gasteiger partial charge in [0.25, 0.3) is 0 Å². The van der Waals surface area contributed by atoms with E-state index in [0.717, 1.165) is 18.4 Å². The Bertz CT molecular complexity index is 604. The minimum atomic E-state index is -1.25. The highest BCUT2D eigenvalue weighted by molar-refractivity contribution is 5.70. The van der Waals surface area contributed by atoms with Crippen LogP contribution in [0.3, 0.4) is 0 Å². The van der Waals surface area contributed by atoms with Gasteiger partial charge in [0, 0.05) is 5.69 Å². The lowest BCUT2D eigenvalue weighted by molar-refractivity contribution is -0.183. The Labute approximate surface area is 149 Å². The summed E-state index contributed by atoms with van der Waals surface area (Å²) >= 11 is 0. The van der Waals surface area contributed by atoms with Crippen molar-refractivity contribution in [1.82, 2.24) is 4.90 Å². The van der Waals surface area contributed by atoms with Crippen LogP contribution >= 0.6 is 0 Å². The van der Waals surface area contributed by atoms with Gasteiger partial charge in [-0.1, -0.05) is 18.2 Å². The molecule has 140 valence electrons. The summed E-state index contributed by atoms with van der Waals surface area (Å²) in [4.78, 5) is 14.5. The monoisotopic (exact) mass is 350 g/mol. The molecule has 6 nitrogen and oxygen atoms in total. The van der Waals surface area contributed by atoms with Crippen molar-refractivity contribution in [3.63, 3.8) is 0 Å². The highest BCUT2D eigenvalue weighted by Crippen LogP contribution is 2.39. The summed E-state index contributed by atoms with van der Waals surface area (Å²) in [6, 6.07) is 7.23. The minimum absolute atomic E-state index is 0.161. The van der Waals surface area contributed by atoms with Gasteiger partial charge in [-0.05, 0) is 59.1 Å². The zero-order chi connectivity index (χ0) is 18.8. The summed E-state index contributed by atoms with van der Waals surface area (Å²) in [6.45, 7) is 8.92. The lowest BCUT2D eigenvalue weighted by atomic mass is 10.0. The van der Waals surface area contributed by atoms with Gasteiger partial charge in [-0.15, -0.1) is 0 Å². The van der Waals surface area contributed by atoms with Gasteiger partial charge in [-0.2, -0.15) is 0 Å². The zero-order valence-electron chi connectivity index (χ0n) is 15.8. The average Bonchev–Trinajstić information content (AvgIpc) is 2.87. The second kappa shape index (κ2) is 7.22. The van der Waals surface area contributed by atoms with E-state index in [2.05, 4.69) is 0 Å². The Kier molecular flexibility index (Phi) is 5.64. The Hall–Kier alpha value is -1.79. The number of nitrogen functional groups attached to an aromatic ring is 1. The molecule has 0 unspecified atom stereocenters. The van der Waals surface area contributed by atoms with Gasteiger partial charge in [0.05, 0.1) is 18.7 Å². The Morgan fingerprint density at radius 1 is 1.24 bits per heavy atom. The predicted molar refractivity (Wildman–Crippen MR) is 96.9 cm³/mol. The summed E-state index contributed by atoms with van der Waals surface area (Å²) in [6.07, 6.45) is 1.14. The minimum Gasteiger partial charge on any atom is -0.444 e. The highest BCUT2D eigenvalue weighted by Gasteiger charge is 2.41. The number of hydrogen-bond donors (Lipinski definition) is 2. The number of rotatable bonds is 4. The van der Waals surface area contributed by atoms with Crippen molar-refractivity contribution in [3.8, 4) is 0 Å². The molecule has 25 heavy (non-hydrogen) atoms. The van der Waals surface area contributed by atoms with Crippen LogP contribution in [0.2, 0.25) is 0 Å². The molecule has 0 saturated carbocycles. The number of amides is 1. The maximum absolute atomic E-state index is 12.8. The number of nitrogens with zero attached hydrogens (tertiary/aromatic N) is 1. The molecule has 2 rings (SSSR count). The maximum Gasteiger partial charge on any atom is 0.411 e. The van der Waals surface area contributed by atoms with Crippen LogP contribution in [-0.2, 0) is 9.47 Å². The van der Waals surface area contributed by atoms with Crippen LogP contribution in [-0.4, -0.2) is 40.1 Å². The van der Waals surface area contributed by atoms with Gasteiger partial charge in [0.2, 0.25) is 0 Å². The molecule has 0 aromatic heterocycles. The van der Waals surface area contributed by atoms with Gasteiger partial charge >= 0.3 is 6.09 Å². The second-order valence-corrected chi connectivity index (χ2v) is 8.02. The maximum atomic E-state index is 12.8. The lowest BCUT2D eigenvalue weighted by Crippen LogP contribution is -2.44. The van der Waals surface area contributed by atoms with Crippen LogP contribution in [0.15, 0.2) is 24.3 Å². The number of aliphatic hydroxyl groups is 1. The first-order valence-corrected chi connectivity index (χ1v) is 8.70. The topological polar surface area (TPSA) is 85.0 Å². The van der Waals surface area contributed by atoms with Gasteiger partial charge in [-0.25, -0.2) is 4.79 Å². The number of ether oxygens (including phenoxy) is 2. The van der Waals surface area contributed by atoms with Crippen molar-refractivity contribution in [2.75, 3.05) is 12.3 Å². The van der Waals surface area contributed by atoms with E-state index < -0.39 is 11.4 Å². The van der Waals surface area contributed by atoms with E-state index in [4.69, 9.17) is 15.2 Å². The van der Waals surface area contributed by atoms with Crippen LogP contribution in [0, 0.1) is 0 Å². The predicted octanol–water partition coefficient (Wildman–Crippen LogP) is 3.45. The number of anilines is 1. The van der Waals surface area contributed by atoms with Crippen molar-refractivity contribution in [3.05, 3.63) is 29.8 Å². The molecule has 1 fully saturated rings. The molecule has 1 amide bonds. The standard InChI is InChI=1S/C19H30N2O4/c1-18(2,3)25-17(22)21-13(12-24-19(4,5)23)10-11-16(21)14-8-6-7-9-15(14)20/h6-9,13,16,23H,10-12,20H2,1-5H3/t13-,16+/m0/s1. The first kappa shape index (κ1) is 19.5. The Morgan fingerprint density at radius 3 is 2.44 bits per heavy atom. The number of likely N-dealkylation sites (tertiary alicyclic amines) is 1. The van der Waals surface area contributed by atoms with Crippen LogP contribution < -0.4 is 5.73 Å². The van der Waals surface area contributed by atoms with E-state index >= 15 is 0 Å². The van der Waals surface area contributed by atoms with Crippen molar-refractivity contribution in [1.29, 1.82) is 0 Å². The van der Waals surface area contributed by atoms with Gasteiger partial charge in [-0.3, -0.25) is 4.90 Å². The van der Waals surface area contributed by atoms with Gasteiger partial charge < -0.3 is 20.3 Å². The van der Waals surface area contributed by atoms with Crippen LogP contribution in [0.25, 0.3) is 0 Å². The van der Waals surface area contributed by atoms with E-state index in [1.54, 1.807) is 18.7 Å². The molecular formula is C19H30N2O4. The van der Waals surface area contributed by atoms with E-state index in [9.17, 15) is 9.90 Å². The van der Waals surface area contributed by atoms with Gasteiger partial charge in [0.15, 0.2) is 5.79 Å². The molecule has 6 heteroatoms. The third-order valence-electron chi connectivity index (χ3n) is 4.09. The normalized spacial score (nSPS) is 21.4. The Morgan fingerprint density at radius 2 is 1.88 bits per heavy atom. The molecular weight excluding hydrogens is 320 g/mol. The summed E-state index contributed by atoms with van der Waals surface area (Å²) in [5.74, 6) is -1.25. The third-order valence-corrected chi connectivity index (χ3v) is 4.09. The number of nitrogens with two attached hydrogens (primary N) is 1. The lowest BCUT2D eigenvalue weighted by Gasteiger charge is -2.34. The molecule has 3 N–H and O–H groups in total. The van der Waals surface area contributed by atoms with Crippen LogP contribution in [0.5, 0.6) is 0 Å². The Balaban J connectivity index is 2.26. The molecule has 1 aliphatic heterocycles. The molecule has 1 aromatic rings. The third kappa shape index (κ3) is 5.34. The first-order valence-electron chi connectivity index (χ1n) is 8.70. The molecule has 1 aromatic carbocycles. The van der Waals surface area contributed by atoms with Crippen molar-refractivity contribution >= 4 is 11.8 Å². The van der Waals surface area contributed by atoms with E-state index in [0.29, 0.717) is 5.69 Å². The summed E-state index contributed by atoms with van der Waals surface area (Å²) in [7, 11) is 0. The summed E-state index contributed by atoms with van der Waals surface area (Å²) < 4.78 is 11.1. The SMILES string of the molecule is CC(C)(C)OC(=O)N1[C@H](COC(C)(C)O)CC[C@@H]1c1ccccc1N. The van der Waals surface area contributed by atoms with Crippen LogP contribution in [0.1, 0.15) is 59.1 Å². The number of para-hydroxylation sites is 1. The summed E-state index contributed by atoms with van der Waals surface area (Å²) in [5.41, 5.74) is 7.11. The number of hydrogen-bond acceptors (Lipinski definition) is 5. The quantitative estimate of drug-likeness (QED) is 0.642. The molecule has 1 aliphatic rings. The highest BCUT2D eigenvalue weighted by atomic mass is 16.6. The average molecular weight is 350 g/mol. The smallest absolute Gasteiger partial charge is 0.411 e. The number of carbonyl (C=O) groups excluding carboxylic acids is 1. The second-order valence-electron chi connectivity index (χ2n) is 8.02. The number of benzene rings is 1. The molecule has 0 aliphatic carbocycles. The van der Waals surface area contributed by atoms with Gasteiger partial charge in [0.1, 0.15) is 5.60 Å². The number of carbonyl (C=O) groups is 1. The first-order chi connectivity index (χ1) is 11.5. The largest absolute Gasteiger partial charge is 0.444 e. The summed E-state index contributed by atoms with van der Waals surface area (Å²) in [5, 5.41) is 9.84. The van der Waals surface area contributed by atoms with Crippen molar-refractivity contribution < 1.29 is 19.4 Å². The van der Waals surface area contributed by atoms with E-state index in [1.807, 2.05) is 45.0 Å². The molecule has 0 spiro atoms. The van der Waals surface area contributed by atoms with E-state index in [-0.39, 0.29) is 24.8 Å². The van der Waals surface area contributed by atoms with Crippen molar-refractivity contribution in [2.24, 2.45) is 0 Å². The zero-order valence-corrected chi connectivity index (χ0v) is 15.8.